The van der Waals surface area contributed by atoms with E-state index >= 15 is 0 Å². The van der Waals surface area contributed by atoms with E-state index in [0.717, 1.165) is 16.5 Å². The van der Waals surface area contributed by atoms with E-state index in [2.05, 4.69) is 26.0 Å². The maximum atomic E-state index is 11.3. The molecule has 2 aromatic rings. The number of furan rings is 1. The lowest BCUT2D eigenvalue weighted by Gasteiger charge is -2.12. The van der Waals surface area contributed by atoms with Gasteiger partial charge in [0.15, 0.2) is 0 Å². The molecule has 2 rings (SSSR count). The summed E-state index contributed by atoms with van der Waals surface area (Å²) in [5.41, 5.74) is 1.20. The normalized spacial score (nSPS) is 11.3. The Labute approximate surface area is 120 Å². The summed E-state index contributed by atoms with van der Waals surface area (Å²) in [4.78, 5) is 0. The molecule has 1 heterocycles. The summed E-state index contributed by atoms with van der Waals surface area (Å²) in [5.74, 6) is 0.745. The minimum atomic E-state index is -3.30. The van der Waals surface area contributed by atoms with Gasteiger partial charge < -0.3 is 9.73 Å². The third-order valence-corrected chi connectivity index (χ3v) is 3.65. The number of nitrogens with one attached hydrogen (secondary N) is 2. The Kier molecular flexibility index (Phi) is 4.16. The summed E-state index contributed by atoms with van der Waals surface area (Å²) in [5, 5.41) is 3.13. The minimum Gasteiger partial charge on any atom is -0.466 e. The Morgan fingerprint density at radius 3 is 2.47 bits per heavy atom. The quantitative estimate of drug-likeness (QED) is 0.874. The van der Waals surface area contributed by atoms with Crippen LogP contribution >= 0.6 is 15.9 Å². The van der Waals surface area contributed by atoms with E-state index in [9.17, 15) is 8.42 Å². The average molecular weight is 345 g/mol. The third kappa shape index (κ3) is 4.00. The van der Waals surface area contributed by atoms with Gasteiger partial charge in [-0.2, -0.15) is 0 Å². The van der Waals surface area contributed by atoms with E-state index in [1.165, 1.54) is 0 Å². The van der Waals surface area contributed by atoms with Crippen molar-refractivity contribution in [3.8, 4) is 0 Å². The number of sulfonamides is 1. The number of para-hydroxylation sites is 2. The van der Waals surface area contributed by atoms with Crippen molar-refractivity contribution in [2.45, 2.75) is 6.54 Å². The summed E-state index contributed by atoms with van der Waals surface area (Å²) in [7, 11) is -3.30. The van der Waals surface area contributed by atoms with Crippen molar-refractivity contribution in [1.82, 2.24) is 0 Å². The van der Waals surface area contributed by atoms with Crippen molar-refractivity contribution in [1.29, 1.82) is 0 Å². The van der Waals surface area contributed by atoms with Crippen LogP contribution in [0.5, 0.6) is 0 Å². The molecule has 0 aliphatic heterocycles. The zero-order valence-corrected chi connectivity index (χ0v) is 12.6. The molecule has 2 N–H and O–H groups in total. The second-order valence-electron chi connectivity index (χ2n) is 3.97. The van der Waals surface area contributed by atoms with Crippen molar-refractivity contribution in [2.75, 3.05) is 16.3 Å². The maximum absolute atomic E-state index is 11.3. The van der Waals surface area contributed by atoms with Gasteiger partial charge in [-0.1, -0.05) is 12.1 Å². The van der Waals surface area contributed by atoms with Gasteiger partial charge in [-0.05, 0) is 34.1 Å². The molecule has 0 atom stereocenters. The van der Waals surface area contributed by atoms with Crippen LogP contribution in [0.15, 0.2) is 45.5 Å². The minimum absolute atomic E-state index is 0.454. The molecule has 0 saturated carbocycles. The van der Waals surface area contributed by atoms with Gasteiger partial charge in [-0.15, -0.1) is 0 Å². The fourth-order valence-corrected chi connectivity index (χ4v) is 2.47. The van der Waals surface area contributed by atoms with Crippen LogP contribution in [0, 0.1) is 0 Å². The van der Waals surface area contributed by atoms with Crippen molar-refractivity contribution in [2.24, 2.45) is 0 Å². The number of halogens is 1. The number of rotatable bonds is 5. The highest BCUT2D eigenvalue weighted by Gasteiger charge is 2.08. The largest absolute Gasteiger partial charge is 0.466 e. The van der Waals surface area contributed by atoms with Crippen LogP contribution < -0.4 is 10.0 Å². The van der Waals surface area contributed by atoms with Gasteiger partial charge in [0, 0.05) is 0 Å². The second kappa shape index (κ2) is 5.66. The topological polar surface area (TPSA) is 71.3 Å². The van der Waals surface area contributed by atoms with E-state index in [4.69, 9.17) is 4.42 Å². The molecule has 102 valence electrons. The van der Waals surface area contributed by atoms with Crippen LogP contribution in [0.1, 0.15) is 5.76 Å². The van der Waals surface area contributed by atoms with Gasteiger partial charge in [0.1, 0.15) is 5.76 Å². The van der Waals surface area contributed by atoms with E-state index in [-0.39, 0.29) is 0 Å². The van der Waals surface area contributed by atoms with Gasteiger partial charge in [0.25, 0.3) is 0 Å². The van der Waals surface area contributed by atoms with Crippen molar-refractivity contribution >= 4 is 37.3 Å². The highest BCUT2D eigenvalue weighted by Crippen LogP contribution is 2.24. The molecule has 19 heavy (non-hydrogen) atoms. The third-order valence-electron chi connectivity index (χ3n) is 2.35. The summed E-state index contributed by atoms with van der Waals surface area (Å²) < 4.78 is 31.2. The van der Waals surface area contributed by atoms with Crippen LogP contribution in [0.2, 0.25) is 0 Å². The monoisotopic (exact) mass is 344 g/mol. The standard InChI is InChI=1S/C12H13BrN2O3S/c1-19(16,17)15-11-5-3-2-4-10(11)14-8-12-9(13)6-7-18-12/h2-7,14-15H,8H2,1H3. The Morgan fingerprint density at radius 1 is 1.21 bits per heavy atom. The summed E-state index contributed by atoms with van der Waals surface area (Å²) in [6.07, 6.45) is 2.70. The molecule has 5 nitrogen and oxygen atoms in total. The van der Waals surface area contributed by atoms with Gasteiger partial charge >= 0.3 is 0 Å². The van der Waals surface area contributed by atoms with Crippen LogP contribution in [0.3, 0.4) is 0 Å². The molecule has 0 radical (unpaired) electrons. The molecule has 0 saturated heterocycles. The van der Waals surface area contributed by atoms with Gasteiger partial charge in [-0.25, -0.2) is 8.42 Å². The predicted octanol–water partition coefficient (Wildman–Crippen LogP) is 3.03. The first-order valence-electron chi connectivity index (χ1n) is 5.48. The zero-order chi connectivity index (χ0) is 13.9. The molecule has 0 fully saturated rings. The summed E-state index contributed by atoms with van der Waals surface area (Å²) in [6.45, 7) is 0.454. The Morgan fingerprint density at radius 2 is 1.89 bits per heavy atom. The second-order valence-corrected chi connectivity index (χ2v) is 6.57. The average Bonchev–Trinajstić information content (AvgIpc) is 2.72. The molecular formula is C12H13BrN2O3S. The molecule has 0 spiro atoms. The number of anilines is 2. The van der Waals surface area contributed by atoms with Gasteiger partial charge in [-0.3, -0.25) is 4.72 Å². The van der Waals surface area contributed by atoms with Crippen LogP contribution in [0.25, 0.3) is 0 Å². The molecule has 0 amide bonds. The first-order chi connectivity index (χ1) is 8.96. The van der Waals surface area contributed by atoms with Crippen molar-refractivity contribution < 1.29 is 12.8 Å². The zero-order valence-electron chi connectivity index (χ0n) is 10.2. The highest BCUT2D eigenvalue weighted by atomic mass is 79.9. The summed E-state index contributed by atoms with van der Waals surface area (Å²) in [6, 6.07) is 8.89. The van der Waals surface area contributed by atoms with Crippen LogP contribution in [0.4, 0.5) is 11.4 Å². The molecular weight excluding hydrogens is 332 g/mol. The van der Waals surface area contributed by atoms with E-state index in [1.807, 2.05) is 6.07 Å². The summed E-state index contributed by atoms with van der Waals surface area (Å²) >= 11 is 3.36. The first-order valence-corrected chi connectivity index (χ1v) is 8.17. The van der Waals surface area contributed by atoms with Crippen molar-refractivity contribution in [3.63, 3.8) is 0 Å². The van der Waals surface area contributed by atoms with Gasteiger partial charge in [0.2, 0.25) is 10.0 Å². The van der Waals surface area contributed by atoms with Gasteiger partial charge in [0.05, 0.1) is 34.9 Å². The van der Waals surface area contributed by atoms with E-state index in [0.29, 0.717) is 17.9 Å². The molecule has 0 aliphatic carbocycles. The number of hydrogen-bond acceptors (Lipinski definition) is 4. The van der Waals surface area contributed by atoms with E-state index in [1.54, 1.807) is 30.5 Å². The Hall–Kier alpha value is -1.47. The van der Waals surface area contributed by atoms with Crippen molar-refractivity contribution in [3.05, 3.63) is 46.8 Å². The lowest BCUT2D eigenvalue weighted by molar-refractivity contribution is 0.516. The Balaban J connectivity index is 2.14. The molecule has 1 aromatic heterocycles. The SMILES string of the molecule is CS(=O)(=O)Nc1ccccc1NCc1occc1Br. The predicted molar refractivity (Wildman–Crippen MR) is 78.6 cm³/mol. The number of benzene rings is 1. The molecule has 0 unspecified atom stereocenters. The maximum Gasteiger partial charge on any atom is 0.229 e. The number of hydrogen-bond donors (Lipinski definition) is 2. The van der Waals surface area contributed by atoms with Crippen LogP contribution in [-0.2, 0) is 16.6 Å². The smallest absolute Gasteiger partial charge is 0.229 e. The highest BCUT2D eigenvalue weighted by molar-refractivity contribution is 9.10. The fourth-order valence-electron chi connectivity index (χ4n) is 1.55. The lowest BCUT2D eigenvalue weighted by atomic mass is 10.2. The lowest BCUT2D eigenvalue weighted by Crippen LogP contribution is -2.11. The molecule has 0 bridgehead atoms. The first kappa shape index (κ1) is 14.0. The Bertz CT molecular complexity index is 667. The molecule has 7 heteroatoms. The van der Waals surface area contributed by atoms with Crippen LogP contribution in [-0.4, -0.2) is 14.7 Å². The molecule has 1 aromatic carbocycles. The molecule has 0 aliphatic rings. The van der Waals surface area contributed by atoms with E-state index < -0.39 is 10.0 Å². The fraction of sp³-hybridized carbons (Fsp3) is 0.167.